The minimum atomic E-state index is -0.686. The summed E-state index contributed by atoms with van der Waals surface area (Å²) in [6.07, 6.45) is 2.64. The number of carbonyl (C=O) groups is 1. The van der Waals surface area contributed by atoms with Crippen molar-refractivity contribution in [1.82, 2.24) is 4.90 Å². The first-order chi connectivity index (χ1) is 11.1. The van der Waals surface area contributed by atoms with Crippen molar-refractivity contribution in [1.29, 1.82) is 0 Å². The predicted molar refractivity (Wildman–Crippen MR) is 89.1 cm³/mol. The van der Waals surface area contributed by atoms with Crippen LogP contribution in [-0.2, 0) is 4.79 Å². The fourth-order valence-corrected chi connectivity index (χ4v) is 3.36. The average Bonchev–Trinajstić information content (AvgIpc) is 2.57. The molecule has 1 aromatic carbocycles. The van der Waals surface area contributed by atoms with Gasteiger partial charge in [0.2, 0.25) is 0 Å². The first-order valence-electron chi connectivity index (χ1n) is 8.38. The van der Waals surface area contributed by atoms with Gasteiger partial charge in [-0.3, -0.25) is 9.69 Å². The number of aliphatic carboxylic acids is 1. The largest absolute Gasteiger partial charge is 0.493 e. The molecular formula is C18H27NO4. The van der Waals surface area contributed by atoms with Crippen LogP contribution in [0, 0.1) is 5.92 Å². The van der Waals surface area contributed by atoms with Crippen molar-refractivity contribution in [2.75, 3.05) is 26.8 Å². The molecule has 0 radical (unpaired) electrons. The SMILES string of the molecule is CCOc1ccc(C(CC)N2CCCC(C(=O)O)C2)cc1OC. The minimum Gasteiger partial charge on any atom is -0.493 e. The van der Waals surface area contributed by atoms with Crippen LogP contribution in [0.5, 0.6) is 11.5 Å². The number of carboxylic acid groups (broad SMARTS) is 1. The molecule has 2 rings (SSSR count). The lowest BCUT2D eigenvalue weighted by atomic mass is 9.93. The van der Waals surface area contributed by atoms with Crippen molar-refractivity contribution >= 4 is 5.97 Å². The van der Waals surface area contributed by atoms with Crippen LogP contribution in [0.3, 0.4) is 0 Å². The molecule has 5 nitrogen and oxygen atoms in total. The van der Waals surface area contributed by atoms with Gasteiger partial charge in [0.15, 0.2) is 11.5 Å². The third-order valence-corrected chi connectivity index (χ3v) is 4.50. The van der Waals surface area contributed by atoms with E-state index in [4.69, 9.17) is 9.47 Å². The number of hydrogen-bond donors (Lipinski definition) is 1. The quantitative estimate of drug-likeness (QED) is 0.834. The van der Waals surface area contributed by atoms with Gasteiger partial charge in [0.1, 0.15) is 0 Å². The average molecular weight is 321 g/mol. The van der Waals surface area contributed by atoms with E-state index in [9.17, 15) is 9.90 Å². The van der Waals surface area contributed by atoms with E-state index in [1.807, 2.05) is 19.1 Å². The Hall–Kier alpha value is -1.75. The maximum absolute atomic E-state index is 11.3. The first kappa shape index (κ1) is 17.6. The zero-order valence-electron chi connectivity index (χ0n) is 14.2. The number of likely N-dealkylation sites (tertiary alicyclic amines) is 1. The van der Waals surface area contributed by atoms with E-state index in [0.29, 0.717) is 13.2 Å². The van der Waals surface area contributed by atoms with E-state index in [0.717, 1.165) is 42.9 Å². The van der Waals surface area contributed by atoms with Crippen molar-refractivity contribution in [3.8, 4) is 11.5 Å². The number of benzene rings is 1. The first-order valence-corrected chi connectivity index (χ1v) is 8.38. The topological polar surface area (TPSA) is 59.0 Å². The third kappa shape index (κ3) is 4.16. The van der Waals surface area contributed by atoms with Crippen molar-refractivity contribution in [3.05, 3.63) is 23.8 Å². The summed E-state index contributed by atoms with van der Waals surface area (Å²) in [5.74, 6) is 0.529. The highest BCUT2D eigenvalue weighted by Gasteiger charge is 2.30. The number of carboxylic acids is 1. The Morgan fingerprint density at radius 3 is 2.78 bits per heavy atom. The molecule has 0 aliphatic carbocycles. The molecule has 23 heavy (non-hydrogen) atoms. The molecule has 1 aliphatic heterocycles. The lowest BCUT2D eigenvalue weighted by Gasteiger charge is -2.37. The molecule has 2 atom stereocenters. The Morgan fingerprint density at radius 1 is 1.39 bits per heavy atom. The van der Waals surface area contributed by atoms with Crippen molar-refractivity contribution in [2.45, 2.75) is 39.2 Å². The molecular weight excluding hydrogens is 294 g/mol. The summed E-state index contributed by atoms with van der Waals surface area (Å²) in [5.41, 5.74) is 1.15. The molecule has 1 N–H and O–H groups in total. The number of hydrogen-bond acceptors (Lipinski definition) is 4. The van der Waals surface area contributed by atoms with E-state index in [1.165, 1.54) is 0 Å². The lowest BCUT2D eigenvalue weighted by Crippen LogP contribution is -2.40. The van der Waals surface area contributed by atoms with Crippen LogP contribution < -0.4 is 9.47 Å². The lowest BCUT2D eigenvalue weighted by molar-refractivity contribution is -0.144. The van der Waals surface area contributed by atoms with Gasteiger partial charge in [-0.05, 0) is 50.4 Å². The molecule has 0 spiro atoms. The summed E-state index contributed by atoms with van der Waals surface area (Å²) in [6.45, 7) is 6.24. The van der Waals surface area contributed by atoms with Crippen molar-refractivity contribution < 1.29 is 19.4 Å². The molecule has 1 aliphatic rings. The van der Waals surface area contributed by atoms with Gasteiger partial charge in [-0.25, -0.2) is 0 Å². The Balaban J connectivity index is 2.21. The highest BCUT2D eigenvalue weighted by molar-refractivity contribution is 5.70. The number of ether oxygens (including phenoxy) is 2. The molecule has 2 unspecified atom stereocenters. The van der Waals surface area contributed by atoms with Crippen LogP contribution in [0.25, 0.3) is 0 Å². The van der Waals surface area contributed by atoms with Gasteiger partial charge < -0.3 is 14.6 Å². The fourth-order valence-electron chi connectivity index (χ4n) is 3.36. The molecule has 0 amide bonds. The zero-order chi connectivity index (χ0) is 16.8. The molecule has 128 valence electrons. The van der Waals surface area contributed by atoms with Gasteiger partial charge in [0, 0.05) is 12.6 Å². The normalized spacial score (nSPS) is 20.0. The fraction of sp³-hybridized carbons (Fsp3) is 0.611. The molecule has 1 heterocycles. The van der Waals surface area contributed by atoms with Gasteiger partial charge in [-0.15, -0.1) is 0 Å². The van der Waals surface area contributed by atoms with Crippen LogP contribution in [-0.4, -0.2) is 42.8 Å². The Kier molecular flexibility index (Phi) is 6.28. The smallest absolute Gasteiger partial charge is 0.307 e. The van der Waals surface area contributed by atoms with E-state index >= 15 is 0 Å². The second kappa shape index (κ2) is 8.20. The zero-order valence-corrected chi connectivity index (χ0v) is 14.2. The van der Waals surface area contributed by atoms with E-state index in [-0.39, 0.29) is 12.0 Å². The summed E-state index contributed by atoms with van der Waals surface area (Å²) in [7, 11) is 1.64. The summed E-state index contributed by atoms with van der Waals surface area (Å²) in [5, 5.41) is 9.30. The number of piperidine rings is 1. The minimum absolute atomic E-state index is 0.210. The maximum atomic E-state index is 11.3. The predicted octanol–water partition coefficient (Wildman–Crippen LogP) is 3.34. The van der Waals surface area contributed by atoms with Gasteiger partial charge >= 0.3 is 5.97 Å². The van der Waals surface area contributed by atoms with Crippen LogP contribution in [0.15, 0.2) is 18.2 Å². The number of nitrogens with zero attached hydrogens (tertiary/aromatic N) is 1. The molecule has 5 heteroatoms. The maximum Gasteiger partial charge on any atom is 0.307 e. The Morgan fingerprint density at radius 2 is 2.17 bits per heavy atom. The van der Waals surface area contributed by atoms with E-state index < -0.39 is 5.97 Å². The van der Waals surface area contributed by atoms with Crippen LogP contribution in [0.2, 0.25) is 0 Å². The van der Waals surface area contributed by atoms with Crippen LogP contribution in [0.4, 0.5) is 0 Å². The second-order valence-electron chi connectivity index (χ2n) is 5.94. The second-order valence-corrected chi connectivity index (χ2v) is 5.94. The number of methoxy groups -OCH3 is 1. The summed E-state index contributed by atoms with van der Waals surface area (Å²) in [4.78, 5) is 13.6. The van der Waals surface area contributed by atoms with Gasteiger partial charge in [0.25, 0.3) is 0 Å². The van der Waals surface area contributed by atoms with Crippen molar-refractivity contribution in [2.24, 2.45) is 5.92 Å². The molecule has 1 fully saturated rings. The molecule has 0 saturated carbocycles. The molecule has 0 aromatic heterocycles. The van der Waals surface area contributed by atoms with Crippen LogP contribution in [0.1, 0.15) is 44.7 Å². The number of rotatable bonds is 7. The highest BCUT2D eigenvalue weighted by atomic mass is 16.5. The summed E-state index contributed by atoms with van der Waals surface area (Å²) >= 11 is 0. The Bertz CT molecular complexity index is 532. The Labute approximate surface area is 138 Å². The van der Waals surface area contributed by atoms with Gasteiger partial charge in [-0.2, -0.15) is 0 Å². The summed E-state index contributed by atoms with van der Waals surface area (Å²) in [6, 6.07) is 6.23. The standard InChI is InChI=1S/C18H27NO4/c1-4-15(19-10-6-7-14(12-19)18(20)21)13-8-9-16(23-5-2)17(11-13)22-3/h8-9,11,14-15H,4-7,10,12H2,1-3H3,(H,20,21). The highest BCUT2D eigenvalue weighted by Crippen LogP contribution is 2.35. The molecule has 1 saturated heterocycles. The molecule has 0 bridgehead atoms. The third-order valence-electron chi connectivity index (χ3n) is 4.50. The van der Waals surface area contributed by atoms with Gasteiger partial charge in [-0.1, -0.05) is 13.0 Å². The monoisotopic (exact) mass is 321 g/mol. The van der Waals surface area contributed by atoms with E-state index in [2.05, 4.69) is 17.9 Å². The van der Waals surface area contributed by atoms with E-state index in [1.54, 1.807) is 7.11 Å². The summed E-state index contributed by atoms with van der Waals surface area (Å²) < 4.78 is 11.0. The van der Waals surface area contributed by atoms with Crippen molar-refractivity contribution in [3.63, 3.8) is 0 Å². The molecule has 1 aromatic rings. The van der Waals surface area contributed by atoms with Crippen LogP contribution >= 0.6 is 0 Å². The van der Waals surface area contributed by atoms with Gasteiger partial charge in [0.05, 0.1) is 19.6 Å².